The van der Waals surface area contributed by atoms with E-state index in [4.69, 9.17) is 9.52 Å². The summed E-state index contributed by atoms with van der Waals surface area (Å²) >= 11 is 3.48. The fraction of sp³-hybridized carbons (Fsp3) is 0.267. The number of hydrogen-bond acceptors (Lipinski definition) is 3. The molecule has 1 aliphatic carbocycles. The monoisotopic (exact) mass is 335 g/mol. The lowest BCUT2D eigenvalue weighted by atomic mass is 10.0. The molecule has 1 fully saturated rings. The highest BCUT2D eigenvalue weighted by atomic mass is 79.9. The van der Waals surface area contributed by atoms with Gasteiger partial charge in [-0.3, -0.25) is 0 Å². The van der Waals surface area contributed by atoms with Crippen molar-refractivity contribution in [2.45, 2.75) is 24.9 Å². The Morgan fingerprint density at radius 3 is 2.85 bits per heavy atom. The van der Waals surface area contributed by atoms with Crippen LogP contribution < -0.4 is 5.32 Å². The Balaban J connectivity index is 1.75. The number of benzene rings is 1. The second-order valence-electron chi connectivity index (χ2n) is 5.03. The first-order valence-electron chi connectivity index (χ1n) is 6.41. The highest BCUT2D eigenvalue weighted by molar-refractivity contribution is 9.10. The van der Waals surface area contributed by atoms with Gasteiger partial charge in [0.1, 0.15) is 0 Å². The zero-order valence-corrected chi connectivity index (χ0v) is 12.3. The van der Waals surface area contributed by atoms with Gasteiger partial charge in [-0.1, -0.05) is 28.1 Å². The molecule has 20 heavy (non-hydrogen) atoms. The van der Waals surface area contributed by atoms with Crippen LogP contribution in [0.5, 0.6) is 0 Å². The van der Waals surface area contributed by atoms with Crippen LogP contribution in [0.3, 0.4) is 0 Å². The number of carboxylic acids is 1. The van der Waals surface area contributed by atoms with Crippen LogP contribution >= 0.6 is 15.9 Å². The normalized spacial score (nSPS) is 16.1. The lowest BCUT2D eigenvalue weighted by molar-refractivity contribution is 0.0660. The van der Waals surface area contributed by atoms with Gasteiger partial charge in [-0.05, 0) is 36.6 Å². The molecule has 1 aromatic heterocycles. The minimum Gasteiger partial charge on any atom is -0.475 e. The van der Waals surface area contributed by atoms with E-state index in [1.165, 1.54) is 11.8 Å². The molecule has 2 N–H and O–H groups in total. The summed E-state index contributed by atoms with van der Waals surface area (Å²) in [5.41, 5.74) is 1.88. The summed E-state index contributed by atoms with van der Waals surface area (Å²) in [7, 11) is 0. The molecule has 0 amide bonds. The number of furan rings is 1. The second kappa shape index (κ2) is 5.07. The van der Waals surface area contributed by atoms with Crippen molar-refractivity contribution in [3.05, 3.63) is 58.0 Å². The van der Waals surface area contributed by atoms with Gasteiger partial charge in [0, 0.05) is 22.1 Å². The third kappa shape index (κ3) is 2.51. The van der Waals surface area contributed by atoms with E-state index >= 15 is 0 Å². The zero-order valence-electron chi connectivity index (χ0n) is 10.7. The largest absolute Gasteiger partial charge is 0.475 e. The summed E-state index contributed by atoms with van der Waals surface area (Å²) in [4.78, 5) is 11.0. The molecule has 2 aromatic rings. The summed E-state index contributed by atoms with van der Waals surface area (Å²) in [6, 6.07) is 9.92. The molecule has 5 heteroatoms. The Labute approximate surface area is 124 Å². The van der Waals surface area contributed by atoms with Gasteiger partial charge < -0.3 is 14.8 Å². The average molecular weight is 336 g/mol. The van der Waals surface area contributed by atoms with Crippen molar-refractivity contribution in [1.82, 2.24) is 5.32 Å². The molecule has 0 spiro atoms. The maximum atomic E-state index is 11.0. The van der Waals surface area contributed by atoms with Gasteiger partial charge in [0.2, 0.25) is 5.76 Å². The smallest absolute Gasteiger partial charge is 0.372 e. The Morgan fingerprint density at radius 2 is 2.20 bits per heavy atom. The number of carbonyl (C=O) groups is 1. The molecule has 0 saturated heterocycles. The molecular weight excluding hydrogens is 322 g/mol. The van der Waals surface area contributed by atoms with Gasteiger partial charge in [-0.2, -0.15) is 0 Å². The van der Waals surface area contributed by atoms with Gasteiger partial charge in [0.25, 0.3) is 0 Å². The van der Waals surface area contributed by atoms with E-state index < -0.39 is 5.97 Å². The minimum absolute atomic E-state index is 0.0162. The standard InChI is InChI=1S/C15H14BrNO3/c16-12-3-1-2-11(8-12)15(5-6-15)17-9-10-4-7-20-13(10)14(18)19/h1-4,7-8,17H,5-6,9H2,(H,18,19). The minimum atomic E-state index is -1.03. The lowest BCUT2D eigenvalue weighted by Crippen LogP contribution is -2.28. The molecule has 0 unspecified atom stereocenters. The van der Waals surface area contributed by atoms with Gasteiger partial charge in [0.15, 0.2) is 0 Å². The van der Waals surface area contributed by atoms with Crippen molar-refractivity contribution in [3.63, 3.8) is 0 Å². The quantitative estimate of drug-likeness (QED) is 0.877. The topological polar surface area (TPSA) is 62.5 Å². The number of carboxylic acid groups (broad SMARTS) is 1. The van der Waals surface area contributed by atoms with Crippen LogP contribution in [-0.2, 0) is 12.1 Å². The molecule has 0 bridgehead atoms. The number of rotatable bonds is 5. The molecule has 4 nitrogen and oxygen atoms in total. The van der Waals surface area contributed by atoms with Crippen LogP contribution in [0.25, 0.3) is 0 Å². The van der Waals surface area contributed by atoms with E-state index in [1.54, 1.807) is 6.07 Å². The van der Waals surface area contributed by atoms with Crippen LogP contribution in [0.1, 0.15) is 34.5 Å². The molecule has 3 rings (SSSR count). The number of hydrogen-bond donors (Lipinski definition) is 2. The molecule has 1 saturated carbocycles. The van der Waals surface area contributed by atoms with Crippen LogP contribution in [0, 0.1) is 0 Å². The molecule has 0 aliphatic heterocycles. The summed E-state index contributed by atoms with van der Waals surface area (Å²) in [5.74, 6) is -1.01. The van der Waals surface area contributed by atoms with E-state index in [1.807, 2.05) is 12.1 Å². The second-order valence-corrected chi connectivity index (χ2v) is 5.94. The molecule has 0 atom stereocenters. The van der Waals surface area contributed by atoms with Gasteiger partial charge in [-0.15, -0.1) is 0 Å². The number of aromatic carboxylic acids is 1. The number of halogens is 1. The van der Waals surface area contributed by atoms with Gasteiger partial charge >= 0.3 is 5.97 Å². The van der Waals surface area contributed by atoms with Crippen molar-refractivity contribution in [3.8, 4) is 0 Å². The molecular formula is C15H14BrNO3. The van der Waals surface area contributed by atoms with E-state index in [0.717, 1.165) is 17.3 Å². The van der Waals surface area contributed by atoms with Gasteiger partial charge in [0.05, 0.1) is 6.26 Å². The third-order valence-electron chi connectivity index (χ3n) is 3.69. The summed E-state index contributed by atoms with van der Waals surface area (Å²) in [6.07, 6.45) is 3.53. The maximum Gasteiger partial charge on any atom is 0.372 e. The zero-order chi connectivity index (χ0) is 14.2. The van der Waals surface area contributed by atoms with Crippen LogP contribution in [-0.4, -0.2) is 11.1 Å². The predicted molar refractivity (Wildman–Crippen MR) is 77.6 cm³/mol. The molecule has 1 heterocycles. The maximum absolute atomic E-state index is 11.0. The first-order valence-corrected chi connectivity index (χ1v) is 7.21. The van der Waals surface area contributed by atoms with Crippen molar-refractivity contribution in [2.24, 2.45) is 0 Å². The molecule has 1 aromatic carbocycles. The van der Waals surface area contributed by atoms with E-state index in [2.05, 4.69) is 33.4 Å². The third-order valence-corrected chi connectivity index (χ3v) is 4.18. The fourth-order valence-electron chi connectivity index (χ4n) is 2.41. The predicted octanol–water partition coefficient (Wildman–Crippen LogP) is 3.52. The van der Waals surface area contributed by atoms with Crippen molar-refractivity contribution in [1.29, 1.82) is 0 Å². The first kappa shape index (κ1) is 13.4. The SMILES string of the molecule is O=C(O)c1occc1CNC1(c2cccc(Br)c2)CC1. The Morgan fingerprint density at radius 1 is 1.40 bits per heavy atom. The average Bonchev–Trinajstić information content (AvgIpc) is 3.06. The van der Waals surface area contributed by atoms with Crippen LogP contribution in [0.15, 0.2) is 45.5 Å². The first-order chi connectivity index (χ1) is 9.61. The van der Waals surface area contributed by atoms with E-state index in [-0.39, 0.29) is 11.3 Å². The fourth-order valence-corrected chi connectivity index (χ4v) is 2.80. The Hall–Kier alpha value is -1.59. The summed E-state index contributed by atoms with van der Waals surface area (Å²) in [6.45, 7) is 0.491. The highest BCUT2D eigenvalue weighted by Gasteiger charge is 2.43. The van der Waals surface area contributed by atoms with Crippen molar-refractivity contribution < 1.29 is 14.3 Å². The highest BCUT2D eigenvalue weighted by Crippen LogP contribution is 2.46. The molecule has 1 aliphatic rings. The van der Waals surface area contributed by atoms with Crippen LogP contribution in [0.4, 0.5) is 0 Å². The van der Waals surface area contributed by atoms with E-state index in [9.17, 15) is 4.79 Å². The summed E-state index contributed by atoms with van der Waals surface area (Å²) in [5, 5.41) is 12.5. The molecule has 0 radical (unpaired) electrons. The summed E-state index contributed by atoms with van der Waals surface area (Å²) < 4.78 is 6.04. The van der Waals surface area contributed by atoms with Crippen molar-refractivity contribution in [2.75, 3.05) is 0 Å². The Bertz CT molecular complexity index is 646. The van der Waals surface area contributed by atoms with Crippen molar-refractivity contribution >= 4 is 21.9 Å². The van der Waals surface area contributed by atoms with Crippen LogP contribution in [0.2, 0.25) is 0 Å². The molecule has 104 valence electrons. The number of nitrogens with one attached hydrogen (secondary N) is 1. The van der Waals surface area contributed by atoms with Gasteiger partial charge in [-0.25, -0.2) is 4.79 Å². The Kier molecular flexibility index (Phi) is 3.40. The lowest BCUT2D eigenvalue weighted by Gasteiger charge is -2.18. The van der Waals surface area contributed by atoms with E-state index in [0.29, 0.717) is 12.1 Å².